The predicted molar refractivity (Wildman–Crippen MR) is 70.5 cm³/mol. The molecule has 20 heavy (non-hydrogen) atoms. The van der Waals surface area contributed by atoms with Crippen molar-refractivity contribution in [1.29, 1.82) is 0 Å². The van der Waals surface area contributed by atoms with Crippen molar-refractivity contribution in [1.82, 2.24) is 4.90 Å². The molecular formula is C14H24F3NO2. The molecule has 0 radical (unpaired) electrons. The monoisotopic (exact) mass is 295 g/mol. The molecule has 1 fully saturated rings. The molecular weight excluding hydrogens is 271 g/mol. The maximum absolute atomic E-state index is 12.5. The largest absolute Gasteiger partial charge is 0.480 e. The van der Waals surface area contributed by atoms with Crippen LogP contribution < -0.4 is 0 Å². The second-order valence-electron chi connectivity index (χ2n) is 6.79. The lowest BCUT2D eigenvalue weighted by Crippen LogP contribution is -2.46. The third kappa shape index (κ3) is 5.69. The molecule has 3 nitrogen and oxygen atoms in total. The molecule has 0 atom stereocenters. The average molecular weight is 295 g/mol. The van der Waals surface area contributed by atoms with Gasteiger partial charge in [-0.3, -0.25) is 9.69 Å². The molecule has 1 aliphatic rings. The van der Waals surface area contributed by atoms with E-state index in [0.29, 0.717) is 18.8 Å². The van der Waals surface area contributed by atoms with Crippen molar-refractivity contribution in [2.45, 2.75) is 58.7 Å². The van der Waals surface area contributed by atoms with E-state index in [1.165, 1.54) is 0 Å². The smallest absolute Gasteiger partial charge is 0.401 e. The highest BCUT2D eigenvalue weighted by atomic mass is 19.4. The van der Waals surface area contributed by atoms with Crippen LogP contribution in [-0.4, -0.2) is 41.3 Å². The van der Waals surface area contributed by atoms with Crippen molar-refractivity contribution in [3.05, 3.63) is 0 Å². The predicted octanol–water partition coefficient (Wildman–Crippen LogP) is 3.54. The van der Waals surface area contributed by atoms with Crippen LogP contribution in [0.15, 0.2) is 0 Å². The first-order valence-electron chi connectivity index (χ1n) is 7.01. The maximum atomic E-state index is 12.5. The zero-order valence-corrected chi connectivity index (χ0v) is 12.3. The van der Waals surface area contributed by atoms with E-state index in [-0.39, 0.29) is 11.5 Å². The van der Waals surface area contributed by atoms with Crippen LogP contribution in [0.1, 0.15) is 46.5 Å². The number of alkyl halides is 3. The summed E-state index contributed by atoms with van der Waals surface area (Å²) in [6.07, 6.45) is -1.34. The van der Waals surface area contributed by atoms with Crippen LogP contribution >= 0.6 is 0 Å². The minimum atomic E-state index is -4.35. The van der Waals surface area contributed by atoms with Crippen molar-refractivity contribution in [2.24, 2.45) is 11.3 Å². The van der Waals surface area contributed by atoms with E-state index in [1.54, 1.807) is 0 Å². The van der Waals surface area contributed by atoms with Gasteiger partial charge in [0.25, 0.3) is 0 Å². The Bertz CT molecular complexity index is 328. The van der Waals surface area contributed by atoms with Gasteiger partial charge < -0.3 is 5.11 Å². The molecule has 1 aliphatic carbocycles. The molecule has 0 spiro atoms. The van der Waals surface area contributed by atoms with Gasteiger partial charge in [-0.2, -0.15) is 13.2 Å². The van der Waals surface area contributed by atoms with Gasteiger partial charge in [-0.25, -0.2) is 0 Å². The molecule has 6 heteroatoms. The van der Waals surface area contributed by atoms with Crippen molar-refractivity contribution in [3.8, 4) is 0 Å². The third-order valence-electron chi connectivity index (χ3n) is 4.16. The number of carboxylic acids is 1. The SMILES string of the molecule is CC(C)(C)C1CCC(N(CC(=O)O)CC(F)(F)F)CC1. The molecule has 1 rings (SSSR count). The fourth-order valence-electron chi connectivity index (χ4n) is 3.03. The summed E-state index contributed by atoms with van der Waals surface area (Å²) in [5.74, 6) is -0.705. The van der Waals surface area contributed by atoms with Crippen LogP contribution in [0, 0.1) is 11.3 Å². The van der Waals surface area contributed by atoms with Gasteiger partial charge in [0.15, 0.2) is 0 Å². The zero-order valence-electron chi connectivity index (χ0n) is 12.3. The quantitative estimate of drug-likeness (QED) is 0.862. The van der Waals surface area contributed by atoms with Crippen LogP contribution in [0.5, 0.6) is 0 Å². The number of hydrogen-bond donors (Lipinski definition) is 1. The van der Waals surface area contributed by atoms with Gasteiger partial charge in [0.05, 0.1) is 13.1 Å². The highest BCUT2D eigenvalue weighted by molar-refractivity contribution is 5.69. The Labute approximate surface area is 118 Å². The van der Waals surface area contributed by atoms with Gasteiger partial charge in [0, 0.05) is 6.04 Å². The summed E-state index contributed by atoms with van der Waals surface area (Å²) >= 11 is 0. The van der Waals surface area contributed by atoms with Crippen LogP contribution in [0.25, 0.3) is 0 Å². The number of carbonyl (C=O) groups is 1. The van der Waals surface area contributed by atoms with Crippen molar-refractivity contribution >= 4 is 5.97 Å². The second-order valence-corrected chi connectivity index (χ2v) is 6.79. The number of nitrogens with zero attached hydrogens (tertiary/aromatic N) is 1. The molecule has 0 aromatic heterocycles. The third-order valence-corrected chi connectivity index (χ3v) is 4.16. The first kappa shape index (κ1) is 17.3. The van der Waals surface area contributed by atoms with E-state index in [1.807, 2.05) is 0 Å². The average Bonchev–Trinajstić information content (AvgIpc) is 2.24. The molecule has 0 unspecified atom stereocenters. The molecule has 1 N–H and O–H groups in total. The highest BCUT2D eigenvalue weighted by Crippen LogP contribution is 2.39. The zero-order chi connectivity index (χ0) is 15.6. The molecule has 0 bridgehead atoms. The van der Waals surface area contributed by atoms with Crippen molar-refractivity contribution in [2.75, 3.05) is 13.1 Å². The minimum absolute atomic E-state index is 0.159. The van der Waals surface area contributed by atoms with Crippen LogP contribution in [0.3, 0.4) is 0 Å². The summed E-state index contributed by atoms with van der Waals surface area (Å²) in [7, 11) is 0. The van der Waals surface area contributed by atoms with Gasteiger partial charge in [-0.15, -0.1) is 0 Å². The lowest BCUT2D eigenvalue weighted by Gasteiger charge is -2.40. The van der Waals surface area contributed by atoms with E-state index >= 15 is 0 Å². The number of carboxylic acid groups (broad SMARTS) is 1. The van der Waals surface area contributed by atoms with Gasteiger partial charge in [0.1, 0.15) is 0 Å². The van der Waals surface area contributed by atoms with Crippen LogP contribution in [0.2, 0.25) is 0 Å². The first-order valence-corrected chi connectivity index (χ1v) is 7.01. The van der Waals surface area contributed by atoms with Crippen molar-refractivity contribution < 1.29 is 23.1 Å². The summed E-state index contributed by atoms with van der Waals surface area (Å²) in [5.41, 5.74) is 0.159. The normalized spacial score (nSPS) is 24.9. The van der Waals surface area contributed by atoms with Crippen molar-refractivity contribution in [3.63, 3.8) is 0 Å². The highest BCUT2D eigenvalue weighted by Gasteiger charge is 2.37. The first-order chi connectivity index (χ1) is 8.99. The molecule has 0 aromatic rings. The Kier molecular flexibility index (Phi) is 5.46. The summed E-state index contributed by atoms with van der Waals surface area (Å²) in [4.78, 5) is 11.8. The number of aliphatic carboxylic acids is 1. The van der Waals surface area contributed by atoms with E-state index in [2.05, 4.69) is 20.8 Å². The Hall–Kier alpha value is -0.780. The van der Waals surface area contributed by atoms with E-state index in [0.717, 1.165) is 17.7 Å². The summed E-state index contributed by atoms with van der Waals surface area (Å²) in [6.45, 7) is 4.75. The fourth-order valence-corrected chi connectivity index (χ4v) is 3.03. The maximum Gasteiger partial charge on any atom is 0.401 e. The van der Waals surface area contributed by atoms with Gasteiger partial charge in [0.2, 0.25) is 0 Å². The van der Waals surface area contributed by atoms with Gasteiger partial charge >= 0.3 is 12.1 Å². The Balaban J connectivity index is 2.63. The molecule has 0 heterocycles. The Morgan fingerprint density at radius 2 is 1.65 bits per heavy atom. The van der Waals surface area contributed by atoms with Crippen LogP contribution in [-0.2, 0) is 4.79 Å². The van der Waals surface area contributed by atoms with Crippen LogP contribution in [0.4, 0.5) is 13.2 Å². The molecule has 118 valence electrons. The molecule has 0 aliphatic heterocycles. The van der Waals surface area contributed by atoms with E-state index in [4.69, 9.17) is 5.11 Å². The number of rotatable bonds is 4. The number of halogens is 3. The van der Waals surface area contributed by atoms with E-state index < -0.39 is 25.2 Å². The minimum Gasteiger partial charge on any atom is -0.480 e. The van der Waals surface area contributed by atoms with E-state index in [9.17, 15) is 18.0 Å². The number of hydrogen-bond acceptors (Lipinski definition) is 2. The second kappa shape index (κ2) is 6.33. The van der Waals surface area contributed by atoms with Gasteiger partial charge in [-0.1, -0.05) is 20.8 Å². The summed E-state index contributed by atoms with van der Waals surface area (Å²) < 4.78 is 37.6. The Morgan fingerprint density at radius 1 is 1.15 bits per heavy atom. The summed E-state index contributed by atoms with van der Waals surface area (Å²) in [5, 5.41) is 8.78. The molecule has 0 amide bonds. The Morgan fingerprint density at radius 3 is 2.00 bits per heavy atom. The fraction of sp³-hybridized carbons (Fsp3) is 0.929. The molecule has 0 aromatic carbocycles. The van der Waals surface area contributed by atoms with Gasteiger partial charge in [-0.05, 0) is 37.0 Å². The topological polar surface area (TPSA) is 40.5 Å². The molecule has 0 saturated heterocycles. The standard InChI is InChI=1S/C14H24F3NO2/c1-13(2,3)10-4-6-11(7-5-10)18(8-12(19)20)9-14(15,16)17/h10-11H,4-9H2,1-3H3,(H,19,20). The summed E-state index contributed by atoms with van der Waals surface area (Å²) in [6, 6.07) is -0.272. The molecule has 1 saturated carbocycles. The lowest BCUT2D eigenvalue weighted by atomic mass is 9.71. The lowest BCUT2D eigenvalue weighted by molar-refractivity contribution is -0.160.